The van der Waals surface area contributed by atoms with Gasteiger partial charge in [0.25, 0.3) is 0 Å². The Hall–Kier alpha value is -1.04. The molecule has 0 aromatic rings. The molecule has 0 spiro atoms. The van der Waals surface area contributed by atoms with Crippen molar-refractivity contribution in [3.8, 4) is 4.69 Å². The van der Waals surface area contributed by atoms with Gasteiger partial charge in [-0.1, -0.05) is 0 Å². The Morgan fingerprint density at radius 1 is 1.35 bits per heavy atom. The molecule has 1 saturated carbocycles. The number of carbonyl (C=O) groups is 1. The first-order chi connectivity index (χ1) is 12.2. The maximum absolute atomic E-state index is 11.3. The summed E-state index contributed by atoms with van der Waals surface area (Å²) >= 11 is 2.81. The average Bonchev–Trinajstić information content (AvgIpc) is 2.87. The fourth-order valence-corrected chi connectivity index (χ4v) is 6.62. The van der Waals surface area contributed by atoms with Gasteiger partial charge in [0.15, 0.2) is 0 Å². The number of hydrogen-bond donors (Lipinski definition) is 1. The van der Waals surface area contributed by atoms with Crippen LogP contribution in [0.15, 0.2) is 36.0 Å². The molecule has 0 aromatic heterocycles. The molecule has 1 fully saturated rings. The zero-order valence-electron chi connectivity index (χ0n) is 15.7. The molecular formula is C22H27CrO3. The molecule has 4 aliphatic rings. The Bertz CT molecular complexity index is 775. The van der Waals surface area contributed by atoms with Crippen LogP contribution in [0.1, 0.15) is 46.5 Å². The van der Waals surface area contributed by atoms with E-state index >= 15 is 0 Å². The Labute approximate surface area is 163 Å². The van der Waals surface area contributed by atoms with E-state index in [-0.39, 0.29) is 22.9 Å². The van der Waals surface area contributed by atoms with Crippen LogP contribution in [0, 0.1) is 33.3 Å². The van der Waals surface area contributed by atoms with Gasteiger partial charge in [-0.15, -0.1) is 0 Å². The number of allylic oxidation sites excluding steroid dienone is 3. The molecule has 0 radical (unpaired) electrons. The molecular weight excluding hydrogens is 364 g/mol. The minimum absolute atomic E-state index is 0.0290. The summed E-state index contributed by atoms with van der Waals surface area (Å²) in [7, 11) is 0. The molecule has 4 heteroatoms. The number of esters is 1. The third-order valence-electron chi connectivity index (χ3n) is 7.75. The predicted octanol–water partition coefficient (Wildman–Crippen LogP) is 3.67. The Morgan fingerprint density at radius 3 is 2.81 bits per heavy atom. The van der Waals surface area contributed by atoms with Crippen LogP contribution < -0.4 is 0 Å². The van der Waals surface area contributed by atoms with Crippen molar-refractivity contribution in [1.82, 2.24) is 0 Å². The molecule has 0 aliphatic heterocycles. The molecule has 0 aromatic carbocycles. The molecule has 26 heavy (non-hydrogen) atoms. The molecule has 4 aliphatic carbocycles. The molecule has 139 valence electrons. The van der Waals surface area contributed by atoms with E-state index in [1.165, 1.54) is 12.5 Å². The minimum atomic E-state index is -0.962. The summed E-state index contributed by atoms with van der Waals surface area (Å²) in [4.78, 5) is 11.3. The van der Waals surface area contributed by atoms with Crippen LogP contribution >= 0.6 is 0 Å². The second-order valence-electron chi connectivity index (χ2n) is 8.94. The Kier molecular flexibility index (Phi) is 4.22. The standard InChI is InChI=1S/C22H27O3.Cr/c1-14(23)25-16-7-10-20(2)15(13-16)5-6-17-18(20)8-11-21(3)19(17)9-12-22(21,4)24;/h5,7,9-10,12,16-19,24H,6,8,11,13H2,1-3H3;/t16?,17?,18?,19?,20-,21-,22-;/m0./s1. The summed E-state index contributed by atoms with van der Waals surface area (Å²) in [5.41, 5.74) is 0.299. The van der Waals surface area contributed by atoms with E-state index in [2.05, 4.69) is 58.5 Å². The summed E-state index contributed by atoms with van der Waals surface area (Å²) in [6.07, 6.45) is 14.7. The van der Waals surface area contributed by atoms with Crippen molar-refractivity contribution in [1.29, 1.82) is 0 Å². The SMILES string of the molecule is CC(=O)OC1C=C[C@@]2(C)C(=CCC3C2CC[C@@]2(C)C3C=C[C@@]2(O)[C]#[Cr])C1. The third-order valence-corrected chi connectivity index (χ3v) is 8.24. The number of hydrogen-bond acceptors (Lipinski definition) is 3. The van der Waals surface area contributed by atoms with E-state index in [1.54, 1.807) is 0 Å². The summed E-state index contributed by atoms with van der Waals surface area (Å²) in [6, 6.07) is 0. The van der Waals surface area contributed by atoms with E-state index in [0.29, 0.717) is 17.8 Å². The van der Waals surface area contributed by atoms with Gasteiger partial charge in [0, 0.05) is 6.92 Å². The molecule has 0 saturated heterocycles. The number of aliphatic hydroxyl groups is 1. The molecule has 1 N–H and O–H groups in total. The normalized spacial score (nSPS) is 48.7. The summed E-state index contributed by atoms with van der Waals surface area (Å²) < 4.78 is 8.46. The van der Waals surface area contributed by atoms with Gasteiger partial charge in [-0.3, -0.25) is 4.79 Å². The molecule has 0 heterocycles. The molecule has 0 amide bonds. The van der Waals surface area contributed by atoms with Gasteiger partial charge in [-0.2, -0.15) is 0 Å². The second kappa shape index (κ2) is 5.98. The number of rotatable bonds is 1. The molecule has 3 nitrogen and oxygen atoms in total. The fourth-order valence-electron chi connectivity index (χ4n) is 6.15. The average molecular weight is 391 g/mol. The van der Waals surface area contributed by atoms with Crippen LogP contribution in [-0.2, 0) is 25.2 Å². The van der Waals surface area contributed by atoms with Crippen LogP contribution in [0.25, 0.3) is 0 Å². The summed E-state index contributed by atoms with van der Waals surface area (Å²) in [5.74, 6) is 1.23. The topological polar surface area (TPSA) is 46.5 Å². The second-order valence-corrected chi connectivity index (χ2v) is 9.26. The van der Waals surface area contributed by atoms with Crippen molar-refractivity contribution in [3.05, 3.63) is 36.0 Å². The van der Waals surface area contributed by atoms with Gasteiger partial charge < -0.3 is 0 Å². The van der Waals surface area contributed by atoms with Crippen molar-refractivity contribution in [2.24, 2.45) is 28.6 Å². The van der Waals surface area contributed by atoms with Crippen LogP contribution in [0.2, 0.25) is 0 Å². The van der Waals surface area contributed by atoms with Crippen molar-refractivity contribution in [2.45, 2.75) is 58.2 Å². The molecule has 7 atom stereocenters. The van der Waals surface area contributed by atoms with Gasteiger partial charge in [-0.05, 0) is 0 Å². The number of fused-ring (bicyclic) bond motifs is 5. The monoisotopic (exact) mass is 391 g/mol. The van der Waals surface area contributed by atoms with Crippen molar-refractivity contribution in [2.75, 3.05) is 0 Å². The van der Waals surface area contributed by atoms with E-state index in [1.807, 2.05) is 6.08 Å². The molecule has 4 rings (SSSR count). The maximum atomic E-state index is 11.3. The first kappa shape index (κ1) is 18.3. The number of ether oxygens (including phenoxy) is 1. The number of carbonyl (C=O) groups excluding carboxylic acids is 1. The van der Waals surface area contributed by atoms with Crippen LogP contribution in [0.5, 0.6) is 0 Å². The van der Waals surface area contributed by atoms with Gasteiger partial charge in [0.2, 0.25) is 0 Å². The van der Waals surface area contributed by atoms with Crippen molar-refractivity contribution in [3.63, 3.8) is 0 Å². The fraction of sp³-hybridized carbons (Fsp3) is 0.636. The van der Waals surface area contributed by atoms with E-state index in [0.717, 1.165) is 25.7 Å². The van der Waals surface area contributed by atoms with Crippen molar-refractivity contribution < 1.29 is 30.3 Å². The quantitative estimate of drug-likeness (QED) is 0.548. The first-order valence-electron chi connectivity index (χ1n) is 9.61. The van der Waals surface area contributed by atoms with Crippen LogP contribution in [0.3, 0.4) is 0 Å². The van der Waals surface area contributed by atoms with E-state index < -0.39 is 5.60 Å². The van der Waals surface area contributed by atoms with Gasteiger partial charge in [0.1, 0.15) is 0 Å². The van der Waals surface area contributed by atoms with Gasteiger partial charge in [-0.25, -0.2) is 0 Å². The van der Waals surface area contributed by atoms with Gasteiger partial charge >= 0.3 is 152 Å². The molecule has 0 bridgehead atoms. The Morgan fingerprint density at radius 2 is 2.12 bits per heavy atom. The first-order valence-corrected chi connectivity index (χ1v) is 10.2. The van der Waals surface area contributed by atoms with E-state index in [4.69, 9.17) is 4.74 Å². The molecule has 4 unspecified atom stereocenters. The van der Waals surface area contributed by atoms with Crippen molar-refractivity contribution >= 4 is 5.97 Å². The van der Waals surface area contributed by atoms with Crippen LogP contribution in [0.4, 0.5) is 0 Å². The summed E-state index contributed by atoms with van der Waals surface area (Å²) in [5, 5.41) is 11.1. The third kappa shape index (κ3) is 2.40. The van der Waals surface area contributed by atoms with Gasteiger partial charge in [0.05, 0.1) is 0 Å². The Balaban J connectivity index is 1.65. The zero-order chi connectivity index (χ0) is 18.7. The zero-order valence-corrected chi connectivity index (χ0v) is 17.0. The van der Waals surface area contributed by atoms with Crippen LogP contribution in [-0.4, -0.2) is 22.8 Å². The summed E-state index contributed by atoms with van der Waals surface area (Å²) in [6.45, 7) is 6.03. The van der Waals surface area contributed by atoms with E-state index in [9.17, 15) is 9.90 Å². The predicted molar refractivity (Wildman–Crippen MR) is 95.9 cm³/mol.